The summed E-state index contributed by atoms with van der Waals surface area (Å²) in [7, 11) is 0. The van der Waals surface area contributed by atoms with E-state index in [4.69, 9.17) is 5.11 Å². The first kappa shape index (κ1) is 16.0. The average Bonchev–Trinajstić information content (AvgIpc) is 3.07. The van der Waals surface area contributed by atoms with Crippen LogP contribution in [0.25, 0.3) is 10.8 Å². The lowest BCUT2D eigenvalue weighted by molar-refractivity contribution is -0.141. The molecular weight excluding hydrogens is 314 g/mol. The highest BCUT2D eigenvalue weighted by Gasteiger charge is 2.30. The highest BCUT2D eigenvalue weighted by Crippen LogP contribution is 2.17. The molecule has 1 unspecified atom stereocenters. The molecular formula is C16H17N3O5. The minimum atomic E-state index is -0.902. The summed E-state index contributed by atoms with van der Waals surface area (Å²) < 4.78 is 1.13. The van der Waals surface area contributed by atoms with Crippen LogP contribution in [0.4, 0.5) is 0 Å². The van der Waals surface area contributed by atoms with E-state index in [1.807, 2.05) is 0 Å². The number of benzene rings is 1. The Hall–Kier alpha value is -2.90. The summed E-state index contributed by atoms with van der Waals surface area (Å²) in [6.45, 7) is 0.641. The van der Waals surface area contributed by atoms with Crippen LogP contribution in [0.15, 0.2) is 33.9 Å². The standard InChI is InChI=1S/C16H17N3O5/c20-13(18-7-5-10(9-18)16(23)24)6-8-19-15(22)12-4-2-1-3-11(12)14(21)17-19/h1-4,10H,5-9H2,(H,17,21)(H,23,24). The van der Waals surface area contributed by atoms with E-state index in [-0.39, 0.29) is 36.5 Å². The van der Waals surface area contributed by atoms with Gasteiger partial charge in [-0.25, -0.2) is 4.68 Å². The minimum Gasteiger partial charge on any atom is -0.481 e. The van der Waals surface area contributed by atoms with Crippen LogP contribution in [0.5, 0.6) is 0 Å². The van der Waals surface area contributed by atoms with Gasteiger partial charge in [0.05, 0.1) is 23.2 Å². The van der Waals surface area contributed by atoms with Crippen molar-refractivity contribution in [3.8, 4) is 0 Å². The molecule has 0 saturated carbocycles. The van der Waals surface area contributed by atoms with Crippen LogP contribution in [-0.2, 0) is 16.1 Å². The number of aryl methyl sites for hydroxylation is 1. The molecule has 0 radical (unpaired) electrons. The molecule has 0 spiro atoms. The van der Waals surface area contributed by atoms with Gasteiger partial charge in [-0.2, -0.15) is 0 Å². The largest absolute Gasteiger partial charge is 0.481 e. The van der Waals surface area contributed by atoms with Crippen LogP contribution in [0.2, 0.25) is 0 Å². The van der Waals surface area contributed by atoms with Crippen LogP contribution in [0, 0.1) is 5.92 Å². The van der Waals surface area contributed by atoms with Gasteiger partial charge in [0.15, 0.2) is 0 Å². The molecule has 1 saturated heterocycles. The molecule has 2 heterocycles. The zero-order valence-electron chi connectivity index (χ0n) is 12.9. The van der Waals surface area contributed by atoms with Crippen molar-refractivity contribution in [3.63, 3.8) is 0 Å². The van der Waals surface area contributed by atoms with E-state index >= 15 is 0 Å². The van der Waals surface area contributed by atoms with Crippen molar-refractivity contribution < 1.29 is 14.7 Å². The Bertz CT molecular complexity index is 914. The predicted octanol–water partition coefficient (Wildman–Crippen LogP) is 0.0130. The number of carbonyl (C=O) groups excluding carboxylic acids is 1. The fourth-order valence-electron chi connectivity index (χ4n) is 2.96. The molecule has 1 aliphatic rings. The first-order valence-corrected chi connectivity index (χ1v) is 7.70. The molecule has 8 nitrogen and oxygen atoms in total. The molecule has 3 rings (SSSR count). The van der Waals surface area contributed by atoms with Crippen molar-refractivity contribution >= 4 is 22.6 Å². The highest BCUT2D eigenvalue weighted by atomic mass is 16.4. The summed E-state index contributed by atoms with van der Waals surface area (Å²) in [6.07, 6.45) is 0.467. The second kappa shape index (κ2) is 6.31. The summed E-state index contributed by atoms with van der Waals surface area (Å²) in [6, 6.07) is 6.50. The first-order chi connectivity index (χ1) is 11.5. The lowest BCUT2D eigenvalue weighted by Crippen LogP contribution is -2.34. The number of likely N-dealkylation sites (tertiary alicyclic amines) is 1. The number of hydrogen-bond donors (Lipinski definition) is 2. The second-order valence-electron chi connectivity index (χ2n) is 5.86. The fourth-order valence-corrected chi connectivity index (χ4v) is 2.96. The van der Waals surface area contributed by atoms with E-state index in [1.165, 1.54) is 4.90 Å². The van der Waals surface area contributed by atoms with Gasteiger partial charge in [-0.05, 0) is 18.6 Å². The maximum absolute atomic E-state index is 12.3. The average molecular weight is 331 g/mol. The lowest BCUT2D eigenvalue weighted by Gasteiger charge is -2.16. The van der Waals surface area contributed by atoms with Gasteiger partial charge in [0, 0.05) is 19.5 Å². The summed E-state index contributed by atoms with van der Waals surface area (Å²) in [5.74, 6) is -1.66. The number of H-pyrrole nitrogens is 1. The number of aromatic amines is 1. The Morgan fingerprint density at radius 2 is 1.92 bits per heavy atom. The number of carboxylic acid groups (broad SMARTS) is 1. The molecule has 0 aliphatic carbocycles. The number of aromatic nitrogens is 2. The Morgan fingerprint density at radius 3 is 2.58 bits per heavy atom. The van der Waals surface area contributed by atoms with Gasteiger partial charge in [0.1, 0.15) is 0 Å². The SMILES string of the molecule is O=C(O)C1CCN(C(=O)CCn2[nH]c(=O)c3ccccc3c2=O)C1. The summed E-state index contributed by atoms with van der Waals surface area (Å²) >= 11 is 0. The van der Waals surface area contributed by atoms with E-state index in [2.05, 4.69) is 5.10 Å². The number of fused-ring (bicyclic) bond motifs is 1. The third kappa shape index (κ3) is 2.94. The fraction of sp³-hybridized carbons (Fsp3) is 0.375. The number of carbonyl (C=O) groups is 2. The van der Waals surface area contributed by atoms with E-state index in [9.17, 15) is 19.2 Å². The number of rotatable bonds is 4. The van der Waals surface area contributed by atoms with Crippen LogP contribution in [0.1, 0.15) is 12.8 Å². The lowest BCUT2D eigenvalue weighted by atomic mass is 10.1. The number of nitrogens with one attached hydrogen (secondary N) is 1. The topological polar surface area (TPSA) is 112 Å². The molecule has 1 aromatic carbocycles. The number of aliphatic carboxylic acids is 1. The van der Waals surface area contributed by atoms with Crippen molar-refractivity contribution in [2.45, 2.75) is 19.4 Å². The van der Waals surface area contributed by atoms with Crippen LogP contribution in [0.3, 0.4) is 0 Å². The molecule has 2 N–H and O–H groups in total. The number of nitrogens with zero attached hydrogens (tertiary/aromatic N) is 2. The molecule has 1 aliphatic heterocycles. The molecule has 0 bridgehead atoms. The molecule has 24 heavy (non-hydrogen) atoms. The van der Waals surface area contributed by atoms with Crippen LogP contribution >= 0.6 is 0 Å². The minimum absolute atomic E-state index is 0.0283. The van der Waals surface area contributed by atoms with E-state index in [0.717, 1.165) is 4.68 Å². The number of carboxylic acids is 1. The normalized spacial score (nSPS) is 17.3. The molecule has 1 aromatic heterocycles. The van der Waals surface area contributed by atoms with Crippen molar-refractivity contribution in [2.24, 2.45) is 5.92 Å². The van der Waals surface area contributed by atoms with Gasteiger partial charge in [0.25, 0.3) is 11.1 Å². The molecule has 1 atom stereocenters. The Balaban J connectivity index is 1.73. The Labute approximate surface area is 136 Å². The summed E-state index contributed by atoms with van der Waals surface area (Å²) in [5, 5.41) is 12.1. The number of hydrogen-bond acceptors (Lipinski definition) is 4. The zero-order valence-corrected chi connectivity index (χ0v) is 12.9. The maximum Gasteiger partial charge on any atom is 0.308 e. The molecule has 126 valence electrons. The highest BCUT2D eigenvalue weighted by molar-refractivity contribution is 5.80. The van der Waals surface area contributed by atoms with Gasteiger partial charge in [0.2, 0.25) is 5.91 Å². The predicted molar refractivity (Wildman–Crippen MR) is 85.8 cm³/mol. The van der Waals surface area contributed by atoms with E-state index < -0.39 is 11.9 Å². The van der Waals surface area contributed by atoms with E-state index in [0.29, 0.717) is 23.7 Å². The second-order valence-corrected chi connectivity index (χ2v) is 5.86. The Morgan fingerprint density at radius 1 is 1.21 bits per heavy atom. The van der Waals surface area contributed by atoms with Gasteiger partial charge in [-0.15, -0.1) is 0 Å². The monoisotopic (exact) mass is 331 g/mol. The molecule has 8 heteroatoms. The van der Waals surface area contributed by atoms with Gasteiger partial charge in [-0.3, -0.25) is 24.3 Å². The van der Waals surface area contributed by atoms with Crippen LogP contribution < -0.4 is 11.1 Å². The summed E-state index contributed by atoms with van der Waals surface area (Å²) in [4.78, 5) is 48.9. The molecule has 2 aromatic rings. The number of amides is 1. The van der Waals surface area contributed by atoms with E-state index in [1.54, 1.807) is 24.3 Å². The third-order valence-corrected chi connectivity index (χ3v) is 4.32. The quantitative estimate of drug-likeness (QED) is 0.820. The maximum atomic E-state index is 12.3. The van der Waals surface area contributed by atoms with Gasteiger partial charge >= 0.3 is 5.97 Å². The van der Waals surface area contributed by atoms with Crippen molar-refractivity contribution in [2.75, 3.05) is 13.1 Å². The first-order valence-electron chi connectivity index (χ1n) is 7.70. The smallest absolute Gasteiger partial charge is 0.308 e. The van der Waals surface area contributed by atoms with Crippen molar-refractivity contribution in [1.82, 2.24) is 14.7 Å². The van der Waals surface area contributed by atoms with Gasteiger partial charge < -0.3 is 10.0 Å². The zero-order chi connectivity index (χ0) is 17.3. The van der Waals surface area contributed by atoms with Crippen molar-refractivity contribution in [1.29, 1.82) is 0 Å². The molecule has 1 fully saturated rings. The third-order valence-electron chi connectivity index (χ3n) is 4.32. The van der Waals surface area contributed by atoms with Crippen molar-refractivity contribution in [3.05, 3.63) is 45.0 Å². The van der Waals surface area contributed by atoms with Crippen LogP contribution in [-0.4, -0.2) is 44.8 Å². The molecule has 1 amide bonds. The van der Waals surface area contributed by atoms with Gasteiger partial charge in [-0.1, -0.05) is 12.1 Å². The summed E-state index contributed by atoms with van der Waals surface area (Å²) in [5.41, 5.74) is -0.743. The Kier molecular flexibility index (Phi) is 4.20.